The van der Waals surface area contributed by atoms with Gasteiger partial charge in [-0.15, -0.1) is 5.10 Å². The second-order valence-corrected chi connectivity index (χ2v) is 8.02. The number of nitrogens with zero attached hydrogens (tertiary/aromatic N) is 3. The summed E-state index contributed by atoms with van der Waals surface area (Å²) in [4.78, 5) is 2.45. The first-order chi connectivity index (χ1) is 15.1. The quantitative estimate of drug-likeness (QED) is 0.502. The molecule has 8 heteroatoms. The lowest BCUT2D eigenvalue weighted by atomic mass is 10.0. The zero-order chi connectivity index (χ0) is 21.6. The Hall–Kier alpha value is -2.48. The molecule has 0 radical (unpaired) electrons. The van der Waals surface area contributed by atoms with E-state index < -0.39 is 5.82 Å². The van der Waals surface area contributed by atoms with Gasteiger partial charge in [0.15, 0.2) is 5.82 Å². The topological polar surface area (TPSA) is 59.5 Å². The van der Waals surface area contributed by atoms with Gasteiger partial charge in [-0.05, 0) is 61.7 Å². The first kappa shape index (κ1) is 21.7. The molecule has 0 saturated carbocycles. The molecule has 1 aliphatic rings. The molecule has 0 bridgehead atoms. The lowest BCUT2D eigenvalue weighted by Crippen LogP contribution is -2.36. The lowest BCUT2D eigenvalue weighted by molar-refractivity contribution is 0.0372. The Labute approximate surface area is 186 Å². The van der Waals surface area contributed by atoms with Crippen LogP contribution >= 0.6 is 11.6 Å². The van der Waals surface area contributed by atoms with E-state index in [2.05, 4.69) is 26.5 Å². The number of aryl methyl sites for hydroxylation is 1. The van der Waals surface area contributed by atoms with Gasteiger partial charge in [0.2, 0.25) is 0 Å². The second kappa shape index (κ2) is 10.2. The maximum Gasteiger partial charge on any atom is 0.160 e. The highest BCUT2D eigenvalue weighted by Crippen LogP contribution is 2.32. The van der Waals surface area contributed by atoms with Crippen molar-refractivity contribution in [3.63, 3.8) is 0 Å². The fourth-order valence-corrected chi connectivity index (χ4v) is 4.00. The number of ether oxygens (including phenoxy) is 2. The Morgan fingerprint density at radius 3 is 2.81 bits per heavy atom. The number of hydrogen-bond acceptors (Lipinski definition) is 6. The Morgan fingerprint density at radius 1 is 1.19 bits per heavy atom. The summed E-state index contributed by atoms with van der Waals surface area (Å²) in [5.41, 5.74) is 1.78. The number of unbranched alkanes of at least 4 members (excludes halogenated alkanes) is 1. The molecule has 2 aromatic carbocycles. The third kappa shape index (κ3) is 5.42. The van der Waals surface area contributed by atoms with Gasteiger partial charge in [0.05, 0.1) is 31.5 Å². The van der Waals surface area contributed by atoms with E-state index in [4.69, 9.17) is 21.1 Å². The van der Waals surface area contributed by atoms with Crippen LogP contribution in [-0.2, 0) is 11.2 Å². The molecule has 1 fully saturated rings. The summed E-state index contributed by atoms with van der Waals surface area (Å²) in [6.45, 7) is 4.77. The fourth-order valence-electron chi connectivity index (χ4n) is 3.82. The predicted octanol–water partition coefficient (Wildman–Crippen LogP) is 4.83. The smallest absolute Gasteiger partial charge is 0.160 e. The standard InChI is InChI=1S/C23H26ClFN4O2/c1-30-22-13-17-15-26-28-23(27-18-5-6-21(25)20(24)14-18)19(17)12-16(22)4-2-3-7-29-8-10-31-11-9-29/h5-6,12-15H,2-4,7-11H2,1H3,(H,27,28). The largest absolute Gasteiger partial charge is 0.496 e. The molecule has 31 heavy (non-hydrogen) atoms. The van der Waals surface area contributed by atoms with Gasteiger partial charge in [-0.3, -0.25) is 4.90 Å². The van der Waals surface area contributed by atoms with Gasteiger partial charge in [0.25, 0.3) is 0 Å². The molecule has 1 saturated heterocycles. The number of rotatable bonds is 8. The van der Waals surface area contributed by atoms with Crippen LogP contribution in [0.2, 0.25) is 5.02 Å². The van der Waals surface area contributed by atoms with E-state index >= 15 is 0 Å². The van der Waals surface area contributed by atoms with E-state index in [1.165, 1.54) is 12.1 Å². The molecule has 1 N–H and O–H groups in total. The highest BCUT2D eigenvalue weighted by atomic mass is 35.5. The fraction of sp³-hybridized carbons (Fsp3) is 0.391. The Balaban J connectivity index is 1.51. The minimum absolute atomic E-state index is 0.0563. The van der Waals surface area contributed by atoms with Crippen LogP contribution in [0.5, 0.6) is 5.75 Å². The molecule has 0 atom stereocenters. The number of fused-ring (bicyclic) bond motifs is 1. The molecule has 164 valence electrons. The van der Waals surface area contributed by atoms with Crippen molar-refractivity contribution >= 4 is 33.9 Å². The van der Waals surface area contributed by atoms with E-state index in [9.17, 15) is 4.39 Å². The lowest BCUT2D eigenvalue weighted by Gasteiger charge is -2.26. The SMILES string of the molecule is COc1cc2cnnc(Nc3ccc(F)c(Cl)c3)c2cc1CCCCN1CCOCC1. The third-order valence-corrected chi connectivity index (χ3v) is 5.81. The summed E-state index contributed by atoms with van der Waals surface area (Å²) in [6.07, 6.45) is 4.81. The average Bonchev–Trinajstić information content (AvgIpc) is 2.79. The van der Waals surface area contributed by atoms with Gasteiger partial charge in [-0.2, -0.15) is 5.10 Å². The van der Waals surface area contributed by atoms with Crippen molar-refractivity contribution in [3.05, 3.63) is 52.9 Å². The van der Waals surface area contributed by atoms with Crippen LogP contribution < -0.4 is 10.1 Å². The Kier molecular flexibility index (Phi) is 7.17. The van der Waals surface area contributed by atoms with E-state index in [1.54, 1.807) is 19.4 Å². The van der Waals surface area contributed by atoms with E-state index in [0.29, 0.717) is 11.5 Å². The summed E-state index contributed by atoms with van der Waals surface area (Å²) < 4.78 is 24.5. The number of nitrogens with one attached hydrogen (secondary N) is 1. The number of halogens is 2. The van der Waals surface area contributed by atoms with Crippen LogP contribution in [0.3, 0.4) is 0 Å². The molecule has 1 aliphatic heterocycles. The normalized spacial score (nSPS) is 14.7. The van der Waals surface area contributed by atoms with Gasteiger partial charge >= 0.3 is 0 Å². The Bertz CT molecular complexity index is 1040. The van der Waals surface area contributed by atoms with Crippen LogP contribution in [0, 0.1) is 5.82 Å². The van der Waals surface area contributed by atoms with E-state index in [0.717, 1.165) is 74.2 Å². The van der Waals surface area contributed by atoms with Crippen molar-refractivity contribution in [2.45, 2.75) is 19.3 Å². The number of benzene rings is 2. The first-order valence-electron chi connectivity index (χ1n) is 10.5. The van der Waals surface area contributed by atoms with Crippen LogP contribution in [0.1, 0.15) is 18.4 Å². The van der Waals surface area contributed by atoms with Crippen molar-refractivity contribution in [1.82, 2.24) is 15.1 Å². The minimum Gasteiger partial charge on any atom is -0.496 e. The summed E-state index contributed by atoms with van der Waals surface area (Å²) in [5.74, 6) is 0.986. The number of aromatic nitrogens is 2. The van der Waals surface area contributed by atoms with Gasteiger partial charge < -0.3 is 14.8 Å². The van der Waals surface area contributed by atoms with Crippen LogP contribution in [0.25, 0.3) is 10.8 Å². The third-order valence-electron chi connectivity index (χ3n) is 5.52. The maximum absolute atomic E-state index is 13.5. The highest BCUT2D eigenvalue weighted by Gasteiger charge is 2.13. The summed E-state index contributed by atoms with van der Waals surface area (Å²) >= 11 is 5.91. The highest BCUT2D eigenvalue weighted by molar-refractivity contribution is 6.31. The number of morpholine rings is 1. The molecular weight excluding hydrogens is 419 g/mol. The monoisotopic (exact) mass is 444 g/mol. The van der Waals surface area contributed by atoms with Gasteiger partial charge in [-0.25, -0.2) is 4.39 Å². The minimum atomic E-state index is -0.458. The summed E-state index contributed by atoms with van der Waals surface area (Å²) in [7, 11) is 1.69. The molecule has 4 rings (SSSR count). The molecule has 0 spiro atoms. The first-order valence-corrected chi connectivity index (χ1v) is 10.9. The van der Waals surface area contributed by atoms with Crippen molar-refractivity contribution in [2.24, 2.45) is 0 Å². The molecule has 2 heterocycles. The van der Waals surface area contributed by atoms with Crippen LogP contribution in [0.4, 0.5) is 15.9 Å². The van der Waals surface area contributed by atoms with Crippen molar-refractivity contribution in [2.75, 3.05) is 45.3 Å². The van der Waals surface area contributed by atoms with Crippen molar-refractivity contribution < 1.29 is 13.9 Å². The van der Waals surface area contributed by atoms with Gasteiger partial charge in [0, 0.05) is 29.5 Å². The number of hydrogen-bond donors (Lipinski definition) is 1. The van der Waals surface area contributed by atoms with Crippen molar-refractivity contribution in [3.8, 4) is 5.75 Å². The molecule has 0 amide bonds. The average molecular weight is 445 g/mol. The number of methoxy groups -OCH3 is 1. The zero-order valence-electron chi connectivity index (χ0n) is 17.5. The molecule has 6 nitrogen and oxygen atoms in total. The predicted molar refractivity (Wildman–Crippen MR) is 121 cm³/mol. The molecular formula is C23H26ClFN4O2. The van der Waals surface area contributed by atoms with Gasteiger partial charge in [-0.1, -0.05) is 11.6 Å². The Morgan fingerprint density at radius 2 is 2.03 bits per heavy atom. The molecule has 3 aromatic rings. The van der Waals surface area contributed by atoms with Crippen LogP contribution in [-0.4, -0.2) is 55.1 Å². The van der Waals surface area contributed by atoms with E-state index in [1.807, 2.05) is 6.07 Å². The molecule has 0 unspecified atom stereocenters. The van der Waals surface area contributed by atoms with Crippen molar-refractivity contribution in [1.29, 1.82) is 0 Å². The zero-order valence-corrected chi connectivity index (χ0v) is 18.3. The summed E-state index contributed by atoms with van der Waals surface area (Å²) in [6, 6.07) is 8.58. The molecule has 1 aromatic heterocycles. The second-order valence-electron chi connectivity index (χ2n) is 7.61. The molecule has 0 aliphatic carbocycles. The van der Waals surface area contributed by atoms with E-state index in [-0.39, 0.29) is 5.02 Å². The number of anilines is 2. The maximum atomic E-state index is 13.5. The van der Waals surface area contributed by atoms with Gasteiger partial charge in [0.1, 0.15) is 11.6 Å². The summed E-state index contributed by atoms with van der Waals surface area (Å²) in [5, 5.41) is 13.5. The van der Waals surface area contributed by atoms with Crippen LogP contribution in [0.15, 0.2) is 36.5 Å².